The molecule has 0 fully saturated rings. The van der Waals surface area contributed by atoms with Crippen molar-refractivity contribution in [3.63, 3.8) is 0 Å². The highest BCUT2D eigenvalue weighted by atomic mass is 32.1. The number of hydrogen-bond acceptors (Lipinski definition) is 2. The first-order chi connectivity index (χ1) is 4.12. The second kappa shape index (κ2) is 6.43. The maximum atomic E-state index is 4.50. The lowest BCUT2D eigenvalue weighted by Gasteiger charge is -2.17. The van der Waals surface area contributed by atoms with Gasteiger partial charge in [0.2, 0.25) is 0 Å². The summed E-state index contributed by atoms with van der Waals surface area (Å²) in [6, 6.07) is 0. The van der Waals surface area contributed by atoms with Gasteiger partial charge in [-0.15, -0.1) is 0 Å². The minimum atomic E-state index is 0.278. The minimum Gasteiger partial charge on any atom is -0.333 e. The molecule has 2 N–H and O–H groups in total. The molecular formula is C7H19NS. The molecule has 0 radical (unpaired) electrons. The summed E-state index contributed by atoms with van der Waals surface area (Å²) < 4.78 is 0.278. The smallest absolute Gasteiger partial charge is 0.00961 e. The van der Waals surface area contributed by atoms with E-state index in [1.807, 2.05) is 0 Å². The van der Waals surface area contributed by atoms with E-state index >= 15 is 0 Å². The van der Waals surface area contributed by atoms with Crippen LogP contribution in [0.3, 0.4) is 0 Å². The van der Waals surface area contributed by atoms with Gasteiger partial charge in [-0.1, -0.05) is 20.8 Å². The molecule has 0 atom stereocenters. The van der Waals surface area contributed by atoms with Crippen molar-refractivity contribution in [3.05, 3.63) is 0 Å². The third kappa shape index (κ3) is 8.31. The highest BCUT2D eigenvalue weighted by Gasteiger charge is 2.11. The number of nitrogens with two attached hydrogens (primary N) is 1. The molecule has 0 aliphatic rings. The van der Waals surface area contributed by atoms with E-state index in [1.165, 1.54) is 7.05 Å². The van der Waals surface area contributed by atoms with Crippen LogP contribution in [-0.2, 0) is 0 Å². The van der Waals surface area contributed by atoms with E-state index in [4.69, 9.17) is 0 Å². The molecular weight excluding hydrogens is 130 g/mol. The second-order valence-electron chi connectivity index (χ2n) is 2.20. The van der Waals surface area contributed by atoms with Gasteiger partial charge < -0.3 is 5.73 Å². The van der Waals surface area contributed by atoms with Crippen molar-refractivity contribution in [2.45, 2.75) is 38.4 Å². The van der Waals surface area contributed by atoms with E-state index in [1.54, 1.807) is 0 Å². The molecule has 2 heteroatoms. The van der Waals surface area contributed by atoms with Crippen LogP contribution in [0.4, 0.5) is 0 Å². The molecule has 0 aliphatic carbocycles. The third-order valence-corrected chi connectivity index (χ3v) is 2.16. The summed E-state index contributed by atoms with van der Waals surface area (Å²) in [7, 11) is 1.50. The number of rotatable bonds is 2. The van der Waals surface area contributed by atoms with Crippen LogP contribution in [0.15, 0.2) is 0 Å². The summed E-state index contributed by atoms with van der Waals surface area (Å²) in [6.07, 6.45) is 2.32. The molecule has 1 nitrogen and oxygen atoms in total. The summed E-state index contributed by atoms with van der Waals surface area (Å²) in [5.74, 6) is 0. The molecule has 0 aromatic heterocycles. The van der Waals surface area contributed by atoms with Gasteiger partial charge in [-0.25, -0.2) is 0 Å². The van der Waals surface area contributed by atoms with E-state index in [0.717, 1.165) is 12.8 Å². The monoisotopic (exact) mass is 149 g/mol. The zero-order chi connectivity index (χ0) is 7.91. The SMILES string of the molecule is CCC(C)(S)CC.CN. The predicted molar refractivity (Wildman–Crippen MR) is 48.1 cm³/mol. The molecule has 0 aromatic rings. The lowest BCUT2D eigenvalue weighted by atomic mass is 10.1. The van der Waals surface area contributed by atoms with Crippen molar-refractivity contribution in [3.8, 4) is 0 Å². The lowest BCUT2D eigenvalue weighted by molar-refractivity contribution is 0.605. The van der Waals surface area contributed by atoms with Crippen LogP contribution in [0.25, 0.3) is 0 Å². The molecule has 0 saturated heterocycles. The van der Waals surface area contributed by atoms with Crippen LogP contribution in [-0.4, -0.2) is 11.8 Å². The van der Waals surface area contributed by atoms with Crippen LogP contribution in [0.5, 0.6) is 0 Å². The summed E-state index contributed by atoms with van der Waals surface area (Å²) in [5, 5.41) is 0. The first-order valence-electron chi connectivity index (χ1n) is 3.42. The average Bonchev–Trinajstić information content (AvgIpc) is 1.93. The maximum Gasteiger partial charge on any atom is 0.00961 e. The average molecular weight is 149 g/mol. The normalized spacial score (nSPS) is 10.0. The Bertz CT molecular complexity index is 46.9. The van der Waals surface area contributed by atoms with Crippen LogP contribution in [0.2, 0.25) is 0 Å². The van der Waals surface area contributed by atoms with E-state index in [0.29, 0.717) is 0 Å². The van der Waals surface area contributed by atoms with E-state index in [9.17, 15) is 0 Å². The van der Waals surface area contributed by atoms with E-state index in [-0.39, 0.29) is 4.75 Å². The summed E-state index contributed by atoms with van der Waals surface area (Å²) in [4.78, 5) is 0. The molecule has 0 bridgehead atoms. The quantitative estimate of drug-likeness (QED) is 0.578. The summed E-state index contributed by atoms with van der Waals surface area (Å²) in [6.45, 7) is 6.49. The topological polar surface area (TPSA) is 26.0 Å². The molecule has 0 saturated carbocycles. The van der Waals surface area contributed by atoms with Gasteiger partial charge in [-0.2, -0.15) is 12.6 Å². The molecule has 9 heavy (non-hydrogen) atoms. The molecule has 0 heterocycles. The Morgan fingerprint density at radius 3 is 1.44 bits per heavy atom. The van der Waals surface area contributed by atoms with Gasteiger partial charge in [-0.3, -0.25) is 0 Å². The first-order valence-corrected chi connectivity index (χ1v) is 3.87. The van der Waals surface area contributed by atoms with Gasteiger partial charge >= 0.3 is 0 Å². The van der Waals surface area contributed by atoms with Gasteiger partial charge in [-0.05, 0) is 19.9 Å². The van der Waals surface area contributed by atoms with Gasteiger partial charge in [0.05, 0.1) is 0 Å². The van der Waals surface area contributed by atoms with Crippen LogP contribution < -0.4 is 5.73 Å². The zero-order valence-corrected chi connectivity index (χ0v) is 7.83. The Balaban J connectivity index is 0. The molecule has 0 amide bonds. The van der Waals surface area contributed by atoms with Crippen molar-refractivity contribution in [2.24, 2.45) is 5.73 Å². The highest BCUT2D eigenvalue weighted by Crippen LogP contribution is 2.20. The van der Waals surface area contributed by atoms with Gasteiger partial charge in [0, 0.05) is 4.75 Å². The fourth-order valence-electron chi connectivity index (χ4n) is 0.250. The molecule has 0 unspecified atom stereocenters. The Morgan fingerprint density at radius 2 is 1.44 bits per heavy atom. The molecule has 0 aromatic carbocycles. The Kier molecular flexibility index (Phi) is 8.60. The second-order valence-corrected chi connectivity index (χ2v) is 3.28. The molecule has 0 aliphatic heterocycles. The van der Waals surface area contributed by atoms with Crippen LogP contribution >= 0.6 is 12.6 Å². The van der Waals surface area contributed by atoms with Gasteiger partial charge in [0.25, 0.3) is 0 Å². The largest absolute Gasteiger partial charge is 0.333 e. The summed E-state index contributed by atoms with van der Waals surface area (Å²) >= 11 is 4.39. The maximum absolute atomic E-state index is 4.50. The van der Waals surface area contributed by atoms with E-state index in [2.05, 4.69) is 39.1 Å². The zero-order valence-electron chi connectivity index (χ0n) is 6.94. The Hall–Kier alpha value is 0.310. The van der Waals surface area contributed by atoms with Gasteiger partial charge in [0.15, 0.2) is 0 Å². The molecule has 0 spiro atoms. The number of thiol groups is 1. The standard InChI is InChI=1S/C6H14S.CH5N/c1-4-6(3,7)5-2;1-2/h7H,4-5H2,1-3H3;2H2,1H3. The number of hydrogen-bond donors (Lipinski definition) is 2. The Labute approximate surface area is 64.4 Å². The fraction of sp³-hybridized carbons (Fsp3) is 1.00. The highest BCUT2D eigenvalue weighted by molar-refractivity contribution is 7.81. The van der Waals surface area contributed by atoms with Crippen molar-refractivity contribution in [2.75, 3.05) is 7.05 Å². The predicted octanol–water partition coefficient (Wildman–Crippen LogP) is 2.07. The summed E-state index contributed by atoms with van der Waals surface area (Å²) in [5.41, 5.74) is 4.50. The van der Waals surface area contributed by atoms with Crippen LogP contribution in [0.1, 0.15) is 33.6 Å². The van der Waals surface area contributed by atoms with Crippen molar-refractivity contribution < 1.29 is 0 Å². The van der Waals surface area contributed by atoms with Crippen molar-refractivity contribution in [1.29, 1.82) is 0 Å². The Morgan fingerprint density at radius 1 is 1.22 bits per heavy atom. The molecule has 0 rings (SSSR count). The molecule has 58 valence electrons. The third-order valence-electron chi connectivity index (χ3n) is 1.52. The van der Waals surface area contributed by atoms with Gasteiger partial charge in [0.1, 0.15) is 0 Å². The van der Waals surface area contributed by atoms with E-state index < -0.39 is 0 Å². The first kappa shape index (κ1) is 12.0. The van der Waals surface area contributed by atoms with Crippen molar-refractivity contribution in [1.82, 2.24) is 0 Å². The minimum absolute atomic E-state index is 0.278. The fourth-order valence-corrected chi connectivity index (χ4v) is 0.250. The van der Waals surface area contributed by atoms with Crippen molar-refractivity contribution >= 4 is 12.6 Å². The van der Waals surface area contributed by atoms with Crippen LogP contribution in [0, 0.1) is 0 Å². The lowest BCUT2D eigenvalue weighted by Crippen LogP contribution is -2.11.